The fourth-order valence-electron chi connectivity index (χ4n) is 3.75. The van der Waals surface area contributed by atoms with Gasteiger partial charge in [0, 0.05) is 22.5 Å². The van der Waals surface area contributed by atoms with Crippen LogP contribution in [0.25, 0.3) is 11.3 Å². The molecule has 0 unspecified atom stereocenters. The van der Waals surface area contributed by atoms with Crippen LogP contribution >= 0.6 is 43.2 Å². The third-order valence-electron chi connectivity index (χ3n) is 5.21. The number of anilines is 1. The Morgan fingerprint density at radius 2 is 1.70 bits per heavy atom. The van der Waals surface area contributed by atoms with Crippen molar-refractivity contribution >= 4 is 54.2 Å². The highest BCUT2D eigenvalue weighted by molar-refractivity contribution is 9.11. The quantitative estimate of drug-likeness (QED) is 0.318. The van der Waals surface area contributed by atoms with E-state index in [9.17, 15) is 4.79 Å². The molecule has 0 fully saturated rings. The zero-order valence-corrected chi connectivity index (χ0v) is 19.9. The summed E-state index contributed by atoms with van der Waals surface area (Å²) >= 11 is 9.20. The topological polar surface area (TPSA) is 46.9 Å². The van der Waals surface area contributed by atoms with Crippen molar-refractivity contribution < 1.29 is 4.79 Å². The number of halogens is 2. The number of thiazole rings is 1. The fraction of sp³-hybridized carbons (Fsp3) is 0.130. The minimum absolute atomic E-state index is 0.135. The summed E-state index contributed by atoms with van der Waals surface area (Å²) in [5, 5.41) is 3.60. The minimum atomic E-state index is -0.135. The van der Waals surface area contributed by atoms with E-state index < -0.39 is 0 Å². The number of aryl methyl sites for hydroxylation is 1. The average Bonchev–Trinajstić information content (AvgIpc) is 3.29. The molecule has 2 aromatic carbocycles. The monoisotopic (exact) mass is 541 g/mol. The van der Waals surface area contributed by atoms with E-state index in [1.54, 1.807) is 23.5 Å². The van der Waals surface area contributed by atoms with Gasteiger partial charge in [0.25, 0.3) is 5.91 Å². The van der Waals surface area contributed by atoms with Crippen molar-refractivity contribution in [1.82, 2.24) is 9.55 Å². The van der Waals surface area contributed by atoms with Crippen LogP contribution in [0.3, 0.4) is 0 Å². The molecule has 1 N–H and O–H groups in total. The van der Waals surface area contributed by atoms with Crippen molar-refractivity contribution in [3.8, 4) is 11.3 Å². The van der Waals surface area contributed by atoms with Gasteiger partial charge in [0.2, 0.25) is 0 Å². The van der Waals surface area contributed by atoms with Gasteiger partial charge in [-0.05, 0) is 68.0 Å². The van der Waals surface area contributed by atoms with Gasteiger partial charge in [0.1, 0.15) is 0 Å². The maximum atomic E-state index is 12.5. The number of amides is 1. The number of carbonyl (C=O) groups excluding carboxylic acids is 1. The second-order valence-corrected chi connectivity index (χ2v) is 9.70. The van der Waals surface area contributed by atoms with E-state index in [1.165, 1.54) is 16.0 Å². The van der Waals surface area contributed by atoms with E-state index >= 15 is 0 Å². The Balaban J connectivity index is 1.48. The molecule has 0 saturated carbocycles. The molecule has 0 atom stereocenters. The van der Waals surface area contributed by atoms with E-state index in [2.05, 4.69) is 66.0 Å². The highest BCUT2D eigenvalue weighted by Gasteiger charge is 2.29. The SMILES string of the molecule is O=C(Nc1nc2c(s1)CCc1c-2c(Br)n(Cc2ccccc2)c1Br)c1ccccc1. The molecule has 150 valence electrons. The van der Waals surface area contributed by atoms with Crippen LogP contribution in [-0.4, -0.2) is 15.5 Å². The van der Waals surface area contributed by atoms with Crippen molar-refractivity contribution in [3.63, 3.8) is 0 Å². The zero-order chi connectivity index (χ0) is 20.7. The van der Waals surface area contributed by atoms with Crippen molar-refractivity contribution in [2.45, 2.75) is 19.4 Å². The molecular formula is C23H17Br2N3OS. The summed E-state index contributed by atoms with van der Waals surface area (Å²) in [6.45, 7) is 0.770. The summed E-state index contributed by atoms with van der Waals surface area (Å²) in [6.07, 6.45) is 1.86. The van der Waals surface area contributed by atoms with Gasteiger partial charge < -0.3 is 4.57 Å². The van der Waals surface area contributed by atoms with Crippen LogP contribution in [0.4, 0.5) is 5.13 Å². The van der Waals surface area contributed by atoms with E-state index in [0.717, 1.165) is 39.9 Å². The summed E-state index contributed by atoms with van der Waals surface area (Å²) in [5.41, 5.74) is 5.21. The molecule has 4 aromatic rings. The Labute approximate surface area is 195 Å². The third-order valence-corrected chi connectivity index (χ3v) is 7.97. The van der Waals surface area contributed by atoms with Gasteiger partial charge in [-0.25, -0.2) is 4.98 Å². The summed E-state index contributed by atoms with van der Waals surface area (Å²) in [6, 6.07) is 19.6. The van der Waals surface area contributed by atoms with Crippen LogP contribution in [0.1, 0.15) is 26.4 Å². The molecule has 30 heavy (non-hydrogen) atoms. The van der Waals surface area contributed by atoms with Gasteiger partial charge in [-0.3, -0.25) is 10.1 Å². The molecule has 0 saturated heterocycles. The molecule has 0 spiro atoms. The number of hydrogen-bond donors (Lipinski definition) is 1. The lowest BCUT2D eigenvalue weighted by Gasteiger charge is -2.10. The predicted octanol–water partition coefficient (Wildman–Crippen LogP) is 6.54. The molecule has 2 aromatic heterocycles. The molecule has 5 rings (SSSR count). The van der Waals surface area contributed by atoms with Crippen LogP contribution in [0.15, 0.2) is 69.9 Å². The molecule has 0 radical (unpaired) electrons. The van der Waals surface area contributed by atoms with Crippen molar-refractivity contribution in [3.05, 3.63) is 91.4 Å². The van der Waals surface area contributed by atoms with Crippen LogP contribution in [0.5, 0.6) is 0 Å². The van der Waals surface area contributed by atoms with Crippen molar-refractivity contribution in [1.29, 1.82) is 0 Å². The molecule has 2 heterocycles. The number of fused-ring (bicyclic) bond motifs is 3. The molecule has 1 aliphatic carbocycles. The highest BCUT2D eigenvalue weighted by atomic mass is 79.9. The maximum absolute atomic E-state index is 12.5. The number of benzene rings is 2. The van der Waals surface area contributed by atoms with E-state index in [0.29, 0.717) is 10.7 Å². The standard InChI is InChI=1S/C23H17Br2N3OS/c24-20-16-11-12-17-19(18(16)21(25)28(20)13-14-7-3-1-4-8-14)26-23(30-17)27-22(29)15-9-5-2-6-10-15/h1-10H,11-13H2,(H,26,27,29). The zero-order valence-electron chi connectivity index (χ0n) is 15.9. The summed E-state index contributed by atoms with van der Waals surface area (Å²) in [5.74, 6) is -0.135. The fourth-order valence-corrected chi connectivity index (χ4v) is 6.38. The van der Waals surface area contributed by atoms with E-state index in [-0.39, 0.29) is 5.91 Å². The van der Waals surface area contributed by atoms with E-state index in [4.69, 9.17) is 4.98 Å². The van der Waals surface area contributed by atoms with Crippen LogP contribution in [-0.2, 0) is 19.4 Å². The molecule has 7 heteroatoms. The lowest BCUT2D eigenvalue weighted by atomic mass is 9.98. The lowest BCUT2D eigenvalue weighted by molar-refractivity contribution is 0.102. The number of nitrogens with one attached hydrogen (secondary N) is 1. The molecule has 4 nitrogen and oxygen atoms in total. The second-order valence-electron chi connectivity index (χ2n) is 7.12. The van der Waals surface area contributed by atoms with Gasteiger partial charge >= 0.3 is 0 Å². The smallest absolute Gasteiger partial charge is 0.257 e. The van der Waals surface area contributed by atoms with Crippen molar-refractivity contribution in [2.24, 2.45) is 0 Å². The first-order valence-electron chi connectivity index (χ1n) is 9.58. The maximum Gasteiger partial charge on any atom is 0.257 e. The lowest BCUT2D eigenvalue weighted by Crippen LogP contribution is -2.11. The van der Waals surface area contributed by atoms with Gasteiger partial charge in [-0.15, -0.1) is 11.3 Å². The largest absolute Gasteiger partial charge is 0.325 e. The normalized spacial score (nSPS) is 12.3. The third kappa shape index (κ3) is 3.55. The molecule has 0 aliphatic heterocycles. The molecule has 1 aliphatic rings. The number of carbonyl (C=O) groups is 1. The predicted molar refractivity (Wildman–Crippen MR) is 128 cm³/mol. The van der Waals surface area contributed by atoms with Gasteiger partial charge in [-0.1, -0.05) is 48.5 Å². The van der Waals surface area contributed by atoms with Crippen LogP contribution in [0, 0.1) is 0 Å². The van der Waals surface area contributed by atoms with Gasteiger partial charge in [-0.2, -0.15) is 0 Å². The Kier molecular flexibility index (Phi) is 5.35. The van der Waals surface area contributed by atoms with Gasteiger partial charge in [0.05, 0.1) is 14.9 Å². The minimum Gasteiger partial charge on any atom is -0.325 e. The van der Waals surface area contributed by atoms with Crippen LogP contribution < -0.4 is 5.32 Å². The number of rotatable bonds is 4. The van der Waals surface area contributed by atoms with Gasteiger partial charge in [0.15, 0.2) is 5.13 Å². The molecule has 1 amide bonds. The highest BCUT2D eigenvalue weighted by Crippen LogP contribution is 2.46. The summed E-state index contributed by atoms with van der Waals surface area (Å²) in [7, 11) is 0. The summed E-state index contributed by atoms with van der Waals surface area (Å²) in [4.78, 5) is 18.5. The average molecular weight is 543 g/mol. The first kappa shape index (κ1) is 19.7. The molecular weight excluding hydrogens is 526 g/mol. The Bertz CT molecular complexity index is 1230. The van der Waals surface area contributed by atoms with Crippen LogP contribution in [0.2, 0.25) is 0 Å². The number of nitrogens with zero attached hydrogens (tertiary/aromatic N) is 2. The second kappa shape index (κ2) is 8.13. The first-order valence-corrected chi connectivity index (χ1v) is 12.0. The van der Waals surface area contributed by atoms with Crippen molar-refractivity contribution in [2.75, 3.05) is 5.32 Å². The Morgan fingerprint density at radius 1 is 1.00 bits per heavy atom. The number of aromatic nitrogens is 2. The molecule has 0 bridgehead atoms. The summed E-state index contributed by atoms with van der Waals surface area (Å²) < 4.78 is 4.33. The first-order chi connectivity index (χ1) is 14.6. The Morgan fingerprint density at radius 3 is 2.43 bits per heavy atom. The van der Waals surface area contributed by atoms with E-state index in [1.807, 2.05) is 24.3 Å². The Hall–Kier alpha value is -2.22. The number of hydrogen-bond acceptors (Lipinski definition) is 3.